The maximum atomic E-state index is 13.1. The van der Waals surface area contributed by atoms with E-state index in [1.165, 1.54) is 7.11 Å². The molecule has 0 saturated carbocycles. The second-order valence-corrected chi connectivity index (χ2v) is 6.36. The van der Waals surface area contributed by atoms with E-state index in [1.807, 2.05) is 0 Å². The monoisotopic (exact) mass is 397 g/mol. The fourth-order valence-electron chi connectivity index (χ4n) is 3.16. The van der Waals surface area contributed by atoms with Crippen LogP contribution in [-0.4, -0.2) is 33.3 Å². The van der Waals surface area contributed by atoms with E-state index in [4.69, 9.17) is 14.2 Å². The van der Waals surface area contributed by atoms with Gasteiger partial charge in [-0.05, 0) is 43.3 Å². The zero-order valence-corrected chi connectivity index (χ0v) is 16.7. The van der Waals surface area contributed by atoms with Crippen LogP contribution < -0.4 is 30.2 Å². The molecule has 0 bridgehead atoms. The summed E-state index contributed by atoms with van der Waals surface area (Å²) in [6.45, 7) is 1.69. The van der Waals surface area contributed by atoms with Crippen molar-refractivity contribution in [2.75, 3.05) is 26.6 Å². The number of amides is 3. The molecule has 29 heavy (non-hydrogen) atoms. The van der Waals surface area contributed by atoms with Crippen LogP contribution in [0.4, 0.5) is 10.5 Å². The third kappa shape index (κ3) is 4.26. The summed E-state index contributed by atoms with van der Waals surface area (Å²) in [5.41, 5.74) is 2.09. The van der Waals surface area contributed by atoms with E-state index in [0.717, 1.165) is 0 Å². The van der Waals surface area contributed by atoms with Gasteiger partial charge >= 0.3 is 6.03 Å². The number of urea groups is 1. The fraction of sp³-hybridized carbons (Fsp3) is 0.238. The van der Waals surface area contributed by atoms with E-state index in [9.17, 15) is 9.59 Å². The van der Waals surface area contributed by atoms with Crippen molar-refractivity contribution in [1.29, 1.82) is 0 Å². The number of benzene rings is 2. The Morgan fingerprint density at radius 3 is 2.24 bits per heavy atom. The lowest BCUT2D eigenvalue weighted by Gasteiger charge is -2.29. The highest BCUT2D eigenvalue weighted by molar-refractivity contribution is 6.06. The summed E-state index contributed by atoms with van der Waals surface area (Å²) >= 11 is 0. The molecule has 3 rings (SSSR count). The lowest BCUT2D eigenvalue weighted by atomic mass is 9.94. The van der Waals surface area contributed by atoms with Gasteiger partial charge in [0.15, 0.2) is 0 Å². The SMILES string of the molecule is COc1ccc(NC(=O)C2=C(C)NC(=O)N[C@@H]2c2ccc(OC)cc2OC)cc1. The van der Waals surface area contributed by atoms with Crippen LogP contribution in [0.15, 0.2) is 53.7 Å². The molecule has 0 radical (unpaired) electrons. The predicted octanol–water partition coefficient (Wildman–Crippen LogP) is 2.98. The van der Waals surface area contributed by atoms with Crippen LogP contribution in [0.2, 0.25) is 0 Å². The Hall–Kier alpha value is -3.68. The van der Waals surface area contributed by atoms with Gasteiger partial charge in [-0.1, -0.05) is 0 Å². The summed E-state index contributed by atoms with van der Waals surface area (Å²) in [5.74, 6) is 1.45. The van der Waals surface area contributed by atoms with E-state index in [0.29, 0.717) is 39.8 Å². The number of methoxy groups -OCH3 is 3. The van der Waals surface area contributed by atoms with Gasteiger partial charge in [-0.25, -0.2) is 4.79 Å². The summed E-state index contributed by atoms with van der Waals surface area (Å²) in [6, 6.07) is 11.1. The maximum absolute atomic E-state index is 13.1. The Labute approximate surface area is 168 Å². The van der Waals surface area contributed by atoms with Crippen molar-refractivity contribution in [3.63, 3.8) is 0 Å². The predicted molar refractivity (Wildman–Crippen MR) is 108 cm³/mol. The van der Waals surface area contributed by atoms with Gasteiger partial charge in [-0.3, -0.25) is 4.79 Å². The smallest absolute Gasteiger partial charge is 0.319 e. The van der Waals surface area contributed by atoms with Crippen molar-refractivity contribution in [2.24, 2.45) is 0 Å². The molecule has 0 fully saturated rings. The molecule has 2 aromatic rings. The molecule has 0 unspecified atom stereocenters. The summed E-state index contributed by atoms with van der Waals surface area (Å²) in [4.78, 5) is 25.2. The molecule has 0 aliphatic carbocycles. The summed E-state index contributed by atoms with van der Waals surface area (Å²) < 4.78 is 15.8. The molecule has 0 aromatic heterocycles. The van der Waals surface area contributed by atoms with Crippen LogP contribution in [0.3, 0.4) is 0 Å². The first kappa shape index (κ1) is 20.1. The van der Waals surface area contributed by atoms with Crippen molar-refractivity contribution in [1.82, 2.24) is 10.6 Å². The summed E-state index contributed by atoms with van der Waals surface area (Å²) in [5, 5.41) is 8.32. The van der Waals surface area contributed by atoms with Gasteiger partial charge in [-0.2, -0.15) is 0 Å². The first-order chi connectivity index (χ1) is 14.0. The van der Waals surface area contributed by atoms with Crippen LogP contribution >= 0.6 is 0 Å². The molecule has 1 aliphatic heterocycles. The standard InChI is InChI=1S/C21H23N3O5/c1-12-18(20(25)23-13-5-7-14(27-2)8-6-13)19(24-21(26)22-12)16-10-9-15(28-3)11-17(16)29-4/h5-11,19H,1-4H3,(H,23,25)(H2,22,24,26)/t19-/m1/s1. The van der Waals surface area contributed by atoms with Crippen LogP contribution in [-0.2, 0) is 4.79 Å². The normalized spacial score (nSPS) is 15.9. The zero-order valence-electron chi connectivity index (χ0n) is 16.7. The Morgan fingerprint density at radius 2 is 1.62 bits per heavy atom. The van der Waals surface area contributed by atoms with Crippen LogP contribution in [0.5, 0.6) is 17.2 Å². The minimum atomic E-state index is -0.692. The largest absolute Gasteiger partial charge is 0.497 e. The maximum Gasteiger partial charge on any atom is 0.319 e. The van der Waals surface area contributed by atoms with Gasteiger partial charge in [0, 0.05) is 23.0 Å². The number of anilines is 1. The van der Waals surface area contributed by atoms with Crippen molar-refractivity contribution < 1.29 is 23.8 Å². The number of allylic oxidation sites excluding steroid dienone is 1. The minimum Gasteiger partial charge on any atom is -0.497 e. The highest BCUT2D eigenvalue weighted by atomic mass is 16.5. The first-order valence-corrected chi connectivity index (χ1v) is 8.92. The highest BCUT2D eigenvalue weighted by Crippen LogP contribution is 2.35. The molecule has 8 nitrogen and oxygen atoms in total. The number of hydrogen-bond donors (Lipinski definition) is 3. The molecule has 8 heteroatoms. The van der Waals surface area contributed by atoms with E-state index < -0.39 is 12.1 Å². The number of rotatable bonds is 6. The lowest BCUT2D eigenvalue weighted by Crippen LogP contribution is -2.46. The minimum absolute atomic E-state index is 0.344. The molecule has 3 N–H and O–H groups in total. The lowest BCUT2D eigenvalue weighted by molar-refractivity contribution is -0.113. The highest BCUT2D eigenvalue weighted by Gasteiger charge is 2.33. The first-order valence-electron chi connectivity index (χ1n) is 8.92. The topological polar surface area (TPSA) is 97.9 Å². The van der Waals surface area contributed by atoms with Gasteiger partial charge < -0.3 is 30.2 Å². The number of carbonyl (C=O) groups is 2. The van der Waals surface area contributed by atoms with Gasteiger partial charge in [0.25, 0.3) is 5.91 Å². The number of nitrogens with one attached hydrogen (secondary N) is 3. The summed E-state index contributed by atoms with van der Waals surface area (Å²) in [6.07, 6.45) is 0. The quantitative estimate of drug-likeness (QED) is 0.696. The third-order valence-corrected chi connectivity index (χ3v) is 4.61. The van der Waals surface area contributed by atoms with Gasteiger partial charge in [0.2, 0.25) is 0 Å². The van der Waals surface area contributed by atoms with E-state index in [-0.39, 0.29) is 5.91 Å². The van der Waals surface area contributed by atoms with Gasteiger partial charge in [-0.15, -0.1) is 0 Å². The second-order valence-electron chi connectivity index (χ2n) is 6.36. The average molecular weight is 397 g/mol. The fourth-order valence-corrected chi connectivity index (χ4v) is 3.16. The van der Waals surface area contributed by atoms with Crippen molar-refractivity contribution in [3.8, 4) is 17.2 Å². The molecule has 0 spiro atoms. The number of hydrogen-bond acceptors (Lipinski definition) is 5. The Bertz CT molecular complexity index is 953. The molecule has 1 aliphatic rings. The van der Waals surface area contributed by atoms with Gasteiger partial charge in [0.05, 0.1) is 32.9 Å². The molecule has 0 saturated heterocycles. The molecular weight excluding hydrogens is 374 g/mol. The van der Waals surface area contributed by atoms with Crippen molar-refractivity contribution >= 4 is 17.6 Å². The Balaban J connectivity index is 1.96. The van der Waals surface area contributed by atoms with E-state index >= 15 is 0 Å². The average Bonchev–Trinajstić information content (AvgIpc) is 2.73. The molecule has 1 heterocycles. The molecule has 152 valence electrons. The molecule has 2 aromatic carbocycles. The molecule has 1 atom stereocenters. The van der Waals surface area contributed by atoms with Crippen LogP contribution in [0, 0.1) is 0 Å². The van der Waals surface area contributed by atoms with Gasteiger partial charge in [0.1, 0.15) is 17.2 Å². The van der Waals surface area contributed by atoms with E-state index in [1.54, 1.807) is 63.6 Å². The second kappa shape index (κ2) is 8.55. The number of ether oxygens (including phenoxy) is 3. The Kier molecular flexibility index (Phi) is 5.92. The van der Waals surface area contributed by atoms with E-state index in [2.05, 4.69) is 16.0 Å². The third-order valence-electron chi connectivity index (χ3n) is 4.61. The van der Waals surface area contributed by atoms with Crippen molar-refractivity contribution in [2.45, 2.75) is 13.0 Å². The van der Waals surface area contributed by atoms with Crippen LogP contribution in [0.25, 0.3) is 0 Å². The van der Waals surface area contributed by atoms with Crippen molar-refractivity contribution in [3.05, 3.63) is 59.3 Å². The van der Waals surface area contributed by atoms with Crippen LogP contribution in [0.1, 0.15) is 18.5 Å². The zero-order chi connectivity index (χ0) is 21.0. The molecular formula is C21H23N3O5. The molecule has 3 amide bonds. The Morgan fingerprint density at radius 1 is 0.966 bits per heavy atom. The number of carbonyl (C=O) groups excluding carboxylic acids is 2. The summed E-state index contributed by atoms with van der Waals surface area (Å²) in [7, 11) is 4.65.